The van der Waals surface area contributed by atoms with Crippen LogP contribution in [0.5, 0.6) is 5.75 Å². The summed E-state index contributed by atoms with van der Waals surface area (Å²) in [4.78, 5) is 16.3. The van der Waals surface area contributed by atoms with Crippen molar-refractivity contribution in [3.05, 3.63) is 30.2 Å². The Labute approximate surface area is 152 Å². The maximum absolute atomic E-state index is 12.0. The van der Waals surface area contributed by atoms with Crippen LogP contribution in [-0.2, 0) is 11.2 Å². The van der Waals surface area contributed by atoms with E-state index in [1.165, 1.54) is 0 Å². The molecule has 7 nitrogen and oxygen atoms in total. The summed E-state index contributed by atoms with van der Waals surface area (Å²) in [6.45, 7) is 0.485. The predicted molar refractivity (Wildman–Crippen MR) is 95.6 cm³/mol. The van der Waals surface area contributed by atoms with Crippen molar-refractivity contribution in [2.24, 2.45) is 11.7 Å². The van der Waals surface area contributed by atoms with E-state index >= 15 is 0 Å². The van der Waals surface area contributed by atoms with Gasteiger partial charge in [-0.2, -0.15) is 4.98 Å². The first kappa shape index (κ1) is 19.2. The number of ether oxygens (including phenoxy) is 1. The highest BCUT2D eigenvalue weighted by Crippen LogP contribution is 2.32. The Balaban J connectivity index is 0.00000225. The molecule has 8 heteroatoms. The molecule has 0 bridgehead atoms. The van der Waals surface area contributed by atoms with E-state index in [1.807, 2.05) is 24.3 Å². The van der Waals surface area contributed by atoms with Gasteiger partial charge in [0.15, 0.2) is 0 Å². The normalized spacial score (nSPS) is 14.5. The highest BCUT2D eigenvalue weighted by Gasteiger charge is 2.31. The van der Waals surface area contributed by atoms with Crippen molar-refractivity contribution in [1.29, 1.82) is 0 Å². The Morgan fingerprint density at radius 2 is 2.12 bits per heavy atom. The zero-order chi connectivity index (χ0) is 16.9. The third-order valence-corrected chi connectivity index (χ3v) is 4.17. The molecule has 2 aromatic rings. The van der Waals surface area contributed by atoms with E-state index < -0.39 is 0 Å². The van der Waals surface area contributed by atoms with Gasteiger partial charge in [-0.25, -0.2) is 0 Å². The fourth-order valence-corrected chi connectivity index (χ4v) is 2.58. The Morgan fingerprint density at radius 3 is 2.72 bits per heavy atom. The van der Waals surface area contributed by atoms with Crippen LogP contribution in [0.4, 0.5) is 0 Å². The Kier molecular flexibility index (Phi) is 6.78. The summed E-state index contributed by atoms with van der Waals surface area (Å²) in [5.74, 6) is 2.24. The average molecular weight is 367 g/mol. The second-order valence-corrected chi connectivity index (χ2v) is 5.99. The highest BCUT2D eigenvalue weighted by molar-refractivity contribution is 5.85. The molecule has 1 atom stereocenters. The number of aryl methyl sites for hydroxylation is 1. The van der Waals surface area contributed by atoms with E-state index in [1.54, 1.807) is 7.11 Å². The van der Waals surface area contributed by atoms with Gasteiger partial charge in [-0.3, -0.25) is 4.79 Å². The van der Waals surface area contributed by atoms with Crippen LogP contribution in [0.15, 0.2) is 28.8 Å². The van der Waals surface area contributed by atoms with Crippen molar-refractivity contribution in [1.82, 2.24) is 15.5 Å². The van der Waals surface area contributed by atoms with Crippen molar-refractivity contribution in [2.45, 2.75) is 31.7 Å². The molecular formula is C17H23ClN4O3. The summed E-state index contributed by atoms with van der Waals surface area (Å²) in [5, 5.41) is 6.94. The molecule has 1 heterocycles. The number of methoxy groups -OCH3 is 1. The number of carbonyl (C=O) groups excluding carboxylic acids is 1. The second kappa shape index (κ2) is 8.82. The molecule has 1 aliphatic rings. The zero-order valence-corrected chi connectivity index (χ0v) is 14.9. The zero-order valence-electron chi connectivity index (χ0n) is 14.1. The standard InChI is InChI=1S/C17H22N4O3.ClH/c1-23-13-6-4-12(5-7-13)17-20-16(24-21-17)9-8-15(22)19-14(10-18)11-2-3-11;/h4-7,11,14H,2-3,8-10,18H2,1H3,(H,19,22);1H. The minimum absolute atomic E-state index is 0. The first-order chi connectivity index (χ1) is 11.7. The van der Waals surface area contributed by atoms with Crippen molar-refractivity contribution in [3.8, 4) is 17.1 Å². The van der Waals surface area contributed by atoms with Gasteiger partial charge >= 0.3 is 0 Å². The molecule has 1 amide bonds. The molecule has 1 unspecified atom stereocenters. The summed E-state index contributed by atoms with van der Waals surface area (Å²) < 4.78 is 10.3. The number of aromatic nitrogens is 2. The first-order valence-electron chi connectivity index (χ1n) is 8.16. The molecule has 3 rings (SSSR count). The van der Waals surface area contributed by atoms with Crippen molar-refractivity contribution >= 4 is 18.3 Å². The SMILES string of the molecule is COc1ccc(-c2noc(CCC(=O)NC(CN)C3CC3)n2)cc1.Cl. The number of hydrogen-bond donors (Lipinski definition) is 2. The van der Waals surface area contributed by atoms with Crippen LogP contribution in [0.1, 0.15) is 25.2 Å². The summed E-state index contributed by atoms with van der Waals surface area (Å²) in [7, 11) is 1.62. The molecule has 1 aromatic carbocycles. The molecule has 0 aliphatic heterocycles. The number of hydrogen-bond acceptors (Lipinski definition) is 6. The highest BCUT2D eigenvalue weighted by atomic mass is 35.5. The van der Waals surface area contributed by atoms with Crippen LogP contribution in [0.2, 0.25) is 0 Å². The largest absolute Gasteiger partial charge is 0.497 e. The topological polar surface area (TPSA) is 103 Å². The molecule has 3 N–H and O–H groups in total. The lowest BCUT2D eigenvalue weighted by molar-refractivity contribution is -0.121. The third-order valence-electron chi connectivity index (χ3n) is 4.17. The van der Waals surface area contributed by atoms with Crippen LogP contribution in [0.3, 0.4) is 0 Å². The number of halogens is 1. The third kappa shape index (κ3) is 5.17. The fraction of sp³-hybridized carbons (Fsp3) is 0.471. The Morgan fingerprint density at radius 1 is 1.40 bits per heavy atom. The van der Waals surface area contributed by atoms with Crippen molar-refractivity contribution < 1.29 is 14.1 Å². The van der Waals surface area contributed by atoms with Gasteiger partial charge in [0.25, 0.3) is 0 Å². The molecule has 0 radical (unpaired) electrons. The van der Waals surface area contributed by atoms with Gasteiger partial charge in [-0.1, -0.05) is 5.16 Å². The number of nitrogens with zero attached hydrogens (tertiary/aromatic N) is 2. The average Bonchev–Trinajstić information content (AvgIpc) is 3.35. The lowest BCUT2D eigenvalue weighted by atomic mass is 10.1. The summed E-state index contributed by atoms with van der Waals surface area (Å²) in [5.41, 5.74) is 6.53. The van der Waals surface area contributed by atoms with Gasteiger partial charge in [-0.05, 0) is 43.0 Å². The number of carbonyl (C=O) groups is 1. The lowest BCUT2D eigenvalue weighted by Crippen LogP contribution is -2.41. The van der Waals surface area contributed by atoms with E-state index in [0.29, 0.717) is 37.0 Å². The number of rotatable bonds is 8. The minimum atomic E-state index is -0.0263. The molecule has 1 aromatic heterocycles. The Hall–Kier alpha value is -2.12. The monoisotopic (exact) mass is 366 g/mol. The quantitative estimate of drug-likeness (QED) is 0.740. The summed E-state index contributed by atoms with van der Waals surface area (Å²) in [6.07, 6.45) is 3.03. The van der Waals surface area contributed by atoms with Crippen LogP contribution >= 0.6 is 12.4 Å². The molecule has 136 valence electrons. The van der Waals surface area contributed by atoms with Crippen molar-refractivity contribution in [2.75, 3.05) is 13.7 Å². The van der Waals surface area contributed by atoms with Crippen LogP contribution < -0.4 is 15.8 Å². The molecule has 1 aliphatic carbocycles. The van der Waals surface area contributed by atoms with Gasteiger partial charge in [0, 0.05) is 31.0 Å². The summed E-state index contributed by atoms with van der Waals surface area (Å²) >= 11 is 0. The predicted octanol–water partition coefficient (Wildman–Crippen LogP) is 1.95. The van der Waals surface area contributed by atoms with E-state index in [-0.39, 0.29) is 24.4 Å². The summed E-state index contributed by atoms with van der Waals surface area (Å²) in [6, 6.07) is 7.49. The van der Waals surface area contributed by atoms with Crippen molar-refractivity contribution in [3.63, 3.8) is 0 Å². The molecule has 1 fully saturated rings. The lowest BCUT2D eigenvalue weighted by Gasteiger charge is -2.15. The molecular weight excluding hydrogens is 344 g/mol. The maximum atomic E-state index is 12.0. The van der Waals surface area contributed by atoms with Gasteiger partial charge in [-0.15, -0.1) is 12.4 Å². The van der Waals surface area contributed by atoms with E-state index in [4.69, 9.17) is 15.0 Å². The maximum Gasteiger partial charge on any atom is 0.227 e. The first-order valence-corrected chi connectivity index (χ1v) is 8.16. The fourth-order valence-electron chi connectivity index (χ4n) is 2.58. The Bertz CT molecular complexity index is 685. The van der Waals surface area contributed by atoms with E-state index in [2.05, 4.69) is 15.5 Å². The van der Waals surface area contributed by atoms with Gasteiger partial charge in [0.05, 0.1) is 7.11 Å². The molecule has 0 spiro atoms. The smallest absolute Gasteiger partial charge is 0.227 e. The number of benzene rings is 1. The molecule has 1 saturated carbocycles. The van der Waals surface area contributed by atoms with Crippen LogP contribution in [0.25, 0.3) is 11.4 Å². The van der Waals surface area contributed by atoms with Gasteiger partial charge in [0.2, 0.25) is 17.6 Å². The van der Waals surface area contributed by atoms with Crippen LogP contribution in [-0.4, -0.2) is 35.7 Å². The van der Waals surface area contributed by atoms with Gasteiger partial charge < -0.3 is 20.3 Å². The van der Waals surface area contributed by atoms with Gasteiger partial charge in [0.1, 0.15) is 5.75 Å². The minimum Gasteiger partial charge on any atom is -0.497 e. The second-order valence-electron chi connectivity index (χ2n) is 5.99. The number of nitrogens with two attached hydrogens (primary N) is 1. The van der Waals surface area contributed by atoms with E-state index in [0.717, 1.165) is 24.2 Å². The van der Waals surface area contributed by atoms with Crippen LogP contribution in [0, 0.1) is 5.92 Å². The molecule has 25 heavy (non-hydrogen) atoms. The number of nitrogens with one attached hydrogen (secondary N) is 1. The molecule has 0 saturated heterocycles. The van der Waals surface area contributed by atoms with E-state index in [9.17, 15) is 4.79 Å². The number of amides is 1.